The van der Waals surface area contributed by atoms with Crippen LogP contribution in [-0.4, -0.2) is 24.3 Å². The molecule has 5 heteroatoms. The number of benzene rings is 4. The van der Waals surface area contributed by atoms with Crippen LogP contribution in [0.15, 0.2) is 121 Å². The second-order valence-electron chi connectivity index (χ2n) is 9.45. The predicted molar refractivity (Wildman–Crippen MR) is 157 cm³/mol. The molecular weight excluding hydrogens is 489 g/mol. The van der Waals surface area contributed by atoms with E-state index >= 15 is 4.57 Å². The average Bonchev–Trinajstić information content (AvgIpc) is 2.98. The third-order valence-corrected chi connectivity index (χ3v) is 10.7. The summed E-state index contributed by atoms with van der Waals surface area (Å²) in [5.74, 6) is -0.264. The summed E-state index contributed by atoms with van der Waals surface area (Å²) in [5.41, 5.74) is 1.92. The zero-order valence-corrected chi connectivity index (χ0v) is 23.0. The molecular formula is C33H36NO3P. The van der Waals surface area contributed by atoms with Gasteiger partial charge in [0.05, 0.1) is 12.6 Å². The molecule has 4 nitrogen and oxygen atoms in total. The minimum absolute atomic E-state index is 0.0995. The van der Waals surface area contributed by atoms with E-state index in [1.54, 1.807) is 0 Å². The van der Waals surface area contributed by atoms with E-state index in [4.69, 9.17) is 4.74 Å². The number of carbonyl (C=O) groups is 1. The van der Waals surface area contributed by atoms with Crippen LogP contribution in [0.2, 0.25) is 0 Å². The van der Waals surface area contributed by atoms with Crippen molar-refractivity contribution in [1.82, 2.24) is 5.32 Å². The number of esters is 1. The Morgan fingerprint density at radius 3 is 1.58 bits per heavy atom. The van der Waals surface area contributed by atoms with E-state index in [2.05, 4.69) is 36.5 Å². The van der Waals surface area contributed by atoms with Crippen molar-refractivity contribution in [3.63, 3.8) is 0 Å². The molecule has 0 aliphatic rings. The average molecular weight is 526 g/mol. The second kappa shape index (κ2) is 13.4. The number of carbonyl (C=O) groups excluding carboxylic acids is 1. The molecule has 2 unspecified atom stereocenters. The fourth-order valence-electron chi connectivity index (χ4n) is 5.13. The van der Waals surface area contributed by atoms with Crippen molar-refractivity contribution in [3.05, 3.63) is 132 Å². The van der Waals surface area contributed by atoms with Gasteiger partial charge in [-0.1, -0.05) is 121 Å². The summed E-state index contributed by atoms with van der Waals surface area (Å²) in [4.78, 5) is 12.5. The van der Waals surface area contributed by atoms with Crippen molar-refractivity contribution >= 4 is 23.7 Å². The molecule has 4 aromatic rings. The normalized spacial score (nSPS) is 13.1. The van der Waals surface area contributed by atoms with Crippen molar-refractivity contribution < 1.29 is 14.1 Å². The summed E-state index contributed by atoms with van der Waals surface area (Å²) in [6.45, 7) is 4.23. The highest BCUT2D eigenvalue weighted by Gasteiger charge is 2.40. The minimum atomic E-state index is -3.18. The quantitative estimate of drug-likeness (QED) is 0.170. The molecule has 2 atom stereocenters. The number of hydrogen-bond acceptors (Lipinski definition) is 4. The molecule has 0 aromatic heterocycles. The molecule has 4 rings (SSSR count). The van der Waals surface area contributed by atoms with Crippen molar-refractivity contribution in [2.45, 2.75) is 44.4 Å². The van der Waals surface area contributed by atoms with Gasteiger partial charge in [-0.2, -0.15) is 0 Å². The highest BCUT2D eigenvalue weighted by Crippen LogP contribution is 2.52. The maximum atomic E-state index is 15.4. The van der Waals surface area contributed by atoms with Crippen LogP contribution < -0.4 is 15.9 Å². The van der Waals surface area contributed by atoms with Crippen molar-refractivity contribution in [1.29, 1.82) is 0 Å². The highest BCUT2D eigenvalue weighted by atomic mass is 31.2. The Morgan fingerprint density at radius 2 is 1.16 bits per heavy atom. The van der Waals surface area contributed by atoms with Gasteiger partial charge in [0.2, 0.25) is 0 Å². The molecule has 196 valence electrons. The third-order valence-electron chi connectivity index (χ3n) is 6.97. The molecule has 0 aliphatic carbocycles. The van der Waals surface area contributed by atoms with Crippen molar-refractivity contribution in [3.8, 4) is 0 Å². The molecule has 1 N–H and O–H groups in total. The zero-order valence-electron chi connectivity index (χ0n) is 22.1. The first-order valence-corrected chi connectivity index (χ1v) is 15.0. The van der Waals surface area contributed by atoms with Crippen LogP contribution in [0.25, 0.3) is 0 Å². The summed E-state index contributed by atoms with van der Waals surface area (Å²) >= 11 is 0. The van der Waals surface area contributed by atoms with E-state index in [9.17, 15) is 4.79 Å². The Morgan fingerprint density at radius 1 is 0.737 bits per heavy atom. The van der Waals surface area contributed by atoms with E-state index < -0.39 is 7.14 Å². The SMILES string of the molecule is CCOC(=O)CCC(C(C)NC(c1ccccc1)c1ccccc1)P(=O)(c1ccccc1)c1ccccc1. The molecule has 0 heterocycles. The van der Waals surface area contributed by atoms with Gasteiger partial charge in [-0.3, -0.25) is 4.79 Å². The van der Waals surface area contributed by atoms with Gasteiger partial charge in [0.25, 0.3) is 0 Å². The van der Waals surface area contributed by atoms with Crippen molar-refractivity contribution in [2.24, 2.45) is 0 Å². The standard InChI is InChI=1S/C33H36NO3P/c1-3-37-32(35)25-24-31(38(36,29-20-12-6-13-21-29)30-22-14-7-15-23-30)26(2)34-33(27-16-8-4-9-17-27)28-18-10-5-11-19-28/h4-23,26,31,33-34H,3,24-25H2,1-2H3. The van der Waals surface area contributed by atoms with E-state index in [0.29, 0.717) is 13.0 Å². The summed E-state index contributed by atoms with van der Waals surface area (Å²) in [5, 5.41) is 5.42. The molecule has 0 fully saturated rings. The molecule has 0 spiro atoms. The summed E-state index contributed by atoms with van der Waals surface area (Å²) in [6.07, 6.45) is 0.639. The molecule has 0 amide bonds. The number of nitrogens with one attached hydrogen (secondary N) is 1. The monoisotopic (exact) mass is 525 g/mol. The molecule has 0 saturated heterocycles. The Labute approximate surface area is 226 Å². The van der Waals surface area contributed by atoms with Gasteiger partial charge in [0.1, 0.15) is 7.14 Å². The maximum Gasteiger partial charge on any atom is 0.305 e. The first-order valence-electron chi connectivity index (χ1n) is 13.3. The lowest BCUT2D eigenvalue weighted by molar-refractivity contribution is -0.143. The first kappa shape index (κ1) is 27.6. The predicted octanol–water partition coefficient (Wildman–Crippen LogP) is 6.48. The second-order valence-corrected chi connectivity index (χ2v) is 12.5. The molecule has 0 bridgehead atoms. The van der Waals surface area contributed by atoms with Crippen LogP contribution in [0, 0.1) is 0 Å². The van der Waals surface area contributed by atoms with Gasteiger partial charge < -0.3 is 14.6 Å². The van der Waals surface area contributed by atoms with Gasteiger partial charge in [-0.15, -0.1) is 0 Å². The first-order chi connectivity index (χ1) is 18.5. The molecule has 38 heavy (non-hydrogen) atoms. The zero-order chi connectivity index (χ0) is 26.8. The van der Waals surface area contributed by atoms with E-state index in [-0.39, 0.29) is 30.1 Å². The molecule has 0 aliphatic heterocycles. The van der Waals surface area contributed by atoms with E-state index in [0.717, 1.165) is 21.7 Å². The van der Waals surface area contributed by atoms with E-state index in [1.807, 2.05) is 104 Å². The van der Waals surface area contributed by atoms with Gasteiger partial charge in [0, 0.05) is 28.7 Å². The Bertz CT molecular complexity index is 1230. The summed E-state index contributed by atoms with van der Waals surface area (Å²) in [6, 6.07) is 39.7. The number of hydrogen-bond donors (Lipinski definition) is 1. The van der Waals surface area contributed by atoms with Gasteiger partial charge in [0.15, 0.2) is 0 Å². The lowest BCUT2D eigenvalue weighted by atomic mass is 9.97. The maximum absolute atomic E-state index is 15.4. The van der Waals surface area contributed by atoms with Crippen LogP contribution in [0.5, 0.6) is 0 Å². The van der Waals surface area contributed by atoms with Gasteiger partial charge in [-0.25, -0.2) is 0 Å². The van der Waals surface area contributed by atoms with E-state index in [1.165, 1.54) is 0 Å². The number of rotatable bonds is 12. The lowest BCUT2D eigenvalue weighted by Gasteiger charge is -2.36. The Hall–Kier alpha value is -3.46. The topological polar surface area (TPSA) is 55.4 Å². The Kier molecular flexibility index (Phi) is 9.70. The summed E-state index contributed by atoms with van der Waals surface area (Å²) < 4.78 is 20.7. The van der Waals surface area contributed by atoms with Crippen molar-refractivity contribution in [2.75, 3.05) is 6.61 Å². The molecule has 0 radical (unpaired) electrons. The van der Waals surface area contributed by atoms with Crippen LogP contribution in [0.3, 0.4) is 0 Å². The minimum Gasteiger partial charge on any atom is -0.466 e. The molecule has 4 aromatic carbocycles. The van der Waals surface area contributed by atoms with Crippen LogP contribution >= 0.6 is 7.14 Å². The fourth-order valence-corrected chi connectivity index (χ4v) is 8.63. The number of ether oxygens (including phenoxy) is 1. The van der Waals surface area contributed by atoms with Crippen LogP contribution in [0.1, 0.15) is 43.9 Å². The lowest BCUT2D eigenvalue weighted by Crippen LogP contribution is -2.43. The van der Waals surface area contributed by atoms with Gasteiger partial charge >= 0.3 is 5.97 Å². The van der Waals surface area contributed by atoms with Crippen LogP contribution in [-0.2, 0) is 14.1 Å². The fraction of sp³-hybridized carbons (Fsp3) is 0.242. The third kappa shape index (κ3) is 6.51. The summed E-state index contributed by atoms with van der Waals surface area (Å²) in [7, 11) is -3.18. The largest absolute Gasteiger partial charge is 0.466 e. The Balaban J connectivity index is 1.78. The van der Waals surface area contributed by atoms with Crippen LogP contribution in [0.4, 0.5) is 0 Å². The molecule has 0 saturated carbocycles. The highest BCUT2D eigenvalue weighted by molar-refractivity contribution is 7.79. The van der Waals surface area contributed by atoms with Gasteiger partial charge in [-0.05, 0) is 31.4 Å². The smallest absolute Gasteiger partial charge is 0.305 e.